The van der Waals surface area contributed by atoms with Crippen molar-refractivity contribution in [2.45, 2.75) is 26.4 Å². The maximum absolute atomic E-state index is 6.40. The molecule has 0 aromatic heterocycles. The van der Waals surface area contributed by atoms with Crippen LogP contribution in [0.1, 0.15) is 25.0 Å². The maximum atomic E-state index is 6.40. The van der Waals surface area contributed by atoms with Crippen LogP contribution in [0, 0.1) is 0 Å². The highest BCUT2D eigenvalue weighted by Crippen LogP contribution is 2.50. The van der Waals surface area contributed by atoms with Crippen molar-refractivity contribution < 1.29 is 4.74 Å². The number of fused-ring (bicyclic) bond motifs is 3. The van der Waals surface area contributed by atoms with E-state index in [1.165, 1.54) is 44.5 Å². The molecule has 0 fully saturated rings. The molecule has 1 heteroatoms. The van der Waals surface area contributed by atoms with E-state index >= 15 is 0 Å². The standard InChI is InChI=1S/C28H24O/c1-19(2)29-26-18-24-23-16-10-9-15-22(23)17-25(24)27(20-11-5-3-6-12-20)28(26)21-13-7-4-8-14-21/h3-16,18-19H,17H2,1-2H3. The van der Waals surface area contributed by atoms with E-state index in [1.807, 2.05) is 0 Å². The van der Waals surface area contributed by atoms with Crippen LogP contribution in [0.25, 0.3) is 33.4 Å². The summed E-state index contributed by atoms with van der Waals surface area (Å²) in [7, 11) is 0. The molecule has 0 spiro atoms. The van der Waals surface area contributed by atoms with Crippen LogP contribution in [-0.2, 0) is 6.42 Å². The van der Waals surface area contributed by atoms with Gasteiger partial charge in [0.1, 0.15) is 5.75 Å². The van der Waals surface area contributed by atoms with Crippen LogP contribution in [0.4, 0.5) is 0 Å². The van der Waals surface area contributed by atoms with Gasteiger partial charge in [-0.1, -0.05) is 84.9 Å². The van der Waals surface area contributed by atoms with Gasteiger partial charge in [0.2, 0.25) is 0 Å². The zero-order valence-electron chi connectivity index (χ0n) is 16.9. The zero-order valence-corrected chi connectivity index (χ0v) is 16.9. The summed E-state index contributed by atoms with van der Waals surface area (Å²) in [5.74, 6) is 0.959. The third kappa shape index (κ3) is 3.13. The lowest BCUT2D eigenvalue weighted by Gasteiger charge is -2.22. The molecule has 0 N–H and O–H groups in total. The summed E-state index contributed by atoms with van der Waals surface area (Å²) in [6.07, 6.45) is 1.06. The minimum absolute atomic E-state index is 0.107. The lowest BCUT2D eigenvalue weighted by Crippen LogP contribution is -2.08. The minimum Gasteiger partial charge on any atom is -0.490 e. The molecule has 1 aliphatic carbocycles. The van der Waals surface area contributed by atoms with Crippen molar-refractivity contribution in [2.24, 2.45) is 0 Å². The van der Waals surface area contributed by atoms with Crippen molar-refractivity contribution in [1.82, 2.24) is 0 Å². The molecule has 0 atom stereocenters. The Balaban J connectivity index is 1.88. The summed E-state index contributed by atoms with van der Waals surface area (Å²) in [6, 6.07) is 32.4. The van der Waals surface area contributed by atoms with Crippen molar-refractivity contribution in [2.75, 3.05) is 0 Å². The molecule has 4 aromatic rings. The van der Waals surface area contributed by atoms with Crippen molar-refractivity contribution >= 4 is 0 Å². The minimum atomic E-state index is 0.107. The Kier molecular flexibility index (Phi) is 4.44. The topological polar surface area (TPSA) is 9.23 Å². The summed E-state index contributed by atoms with van der Waals surface area (Å²) >= 11 is 0. The molecule has 0 amide bonds. The molecule has 1 nitrogen and oxygen atoms in total. The van der Waals surface area contributed by atoms with E-state index in [1.54, 1.807) is 0 Å². The first-order valence-corrected chi connectivity index (χ1v) is 10.3. The quantitative estimate of drug-likeness (QED) is 0.318. The Morgan fingerprint density at radius 3 is 1.90 bits per heavy atom. The fourth-order valence-electron chi connectivity index (χ4n) is 4.41. The second-order valence-electron chi connectivity index (χ2n) is 7.88. The number of hydrogen-bond acceptors (Lipinski definition) is 1. The van der Waals surface area contributed by atoms with Gasteiger partial charge in [0.25, 0.3) is 0 Å². The van der Waals surface area contributed by atoms with E-state index in [4.69, 9.17) is 4.74 Å². The molecule has 0 saturated heterocycles. The summed E-state index contributed by atoms with van der Waals surface area (Å²) in [6.45, 7) is 4.19. The van der Waals surface area contributed by atoms with Gasteiger partial charge < -0.3 is 4.74 Å². The van der Waals surface area contributed by atoms with Gasteiger partial charge in [0.05, 0.1) is 6.10 Å². The van der Waals surface area contributed by atoms with Crippen molar-refractivity contribution in [3.8, 4) is 39.1 Å². The van der Waals surface area contributed by atoms with E-state index in [2.05, 4.69) is 105 Å². The number of rotatable bonds is 4. The third-order valence-electron chi connectivity index (χ3n) is 5.56. The smallest absolute Gasteiger partial charge is 0.128 e. The summed E-state index contributed by atoms with van der Waals surface area (Å²) in [5.41, 5.74) is 10.3. The lowest BCUT2D eigenvalue weighted by atomic mass is 9.87. The zero-order chi connectivity index (χ0) is 19.8. The second kappa shape index (κ2) is 7.25. The van der Waals surface area contributed by atoms with Gasteiger partial charge in [-0.3, -0.25) is 0 Å². The number of ether oxygens (including phenoxy) is 1. The maximum Gasteiger partial charge on any atom is 0.128 e. The van der Waals surface area contributed by atoms with Crippen LogP contribution < -0.4 is 4.74 Å². The second-order valence-corrected chi connectivity index (χ2v) is 7.88. The van der Waals surface area contributed by atoms with Crippen LogP contribution in [0.3, 0.4) is 0 Å². The molecular weight excluding hydrogens is 352 g/mol. The SMILES string of the molecule is CC(C)Oc1cc2c(c(-c3ccccc3)c1-c1ccccc1)Cc1ccccc1-2. The van der Waals surface area contributed by atoms with E-state index in [0.717, 1.165) is 12.2 Å². The van der Waals surface area contributed by atoms with E-state index in [-0.39, 0.29) is 6.10 Å². The predicted molar refractivity (Wildman–Crippen MR) is 121 cm³/mol. The fourth-order valence-corrected chi connectivity index (χ4v) is 4.41. The molecule has 1 aliphatic rings. The van der Waals surface area contributed by atoms with E-state index < -0.39 is 0 Å². The molecule has 0 aliphatic heterocycles. The van der Waals surface area contributed by atoms with Gasteiger partial charge >= 0.3 is 0 Å². The van der Waals surface area contributed by atoms with E-state index in [0.29, 0.717) is 0 Å². The summed E-state index contributed by atoms with van der Waals surface area (Å²) in [5, 5.41) is 0. The average molecular weight is 376 g/mol. The van der Waals surface area contributed by atoms with Crippen LogP contribution in [-0.4, -0.2) is 6.10 Å². The van der Waals surface area contributed by atoms with Gasteiger partial charge in [-0.05, 0) is 65.3 Å². The van der Waals surface area contributed by atoms with Crippen LogP contribution in [0.5, 0.6) is 5.75 Å². The summed E-state index contributed by atoms with van der Waals surface area (Å²) < 4.78 is 6.40. The van der Waals surface area contributed by atoms with Crippen molar-refractivity contribution in [1.29, 1.82) is 0 Å². The van der Waals surface area contributed by atoms with Crippen LogP contribution in [0.15, 0.2) is 91.0 Å². The van der Waals surface area contributed by atoms with Crippen molar-refractivity contribution in [3.63, 3.8) is 0 Å². The normalized spacial score (nSPS) is 12.0. The molecule has 0 unspecified atom stereocenters. The van der Waals surface area contributed by atoms with Gasteiger partial charge in [0, 0.05) is 5.56 Å². The Hall–Kier alpha value is -3.32. The first-order valence-electron chi connectivity index (χ1n) is 10.3. The predicted octanol–water partition coefficient (Wildman–Crippen LogP) is 7.38. The molecule has 0 saturated carbocycles. The first-order chi connectivity index (χ1) is 14.2. The monoisotopic (exact) mass is 376 g/mol. The summed E-state index contributed by atoms with van der Waals surface area (Å²) in [4.78, 5) is 0. The number of hydrogen-bond donors (Lipinski definition) is 0. The Morgan fingerprint density at radius 2 is 1.24 bits per heavy atom. The van der Waals surface area contributed by atoms with Gasteiger partial charge in [-0.25, -0.2) is 0 Å². The van der Waals surface area contributed by atoms with E-state index in [9.17, 15) is 0 Å². The van der Waals surface area contributed by atoms with Gasteiger partial charge in [0.15, 0.2) is 0 Å². The molecular formula is C28H24O. The first kappa shape index (κ1) is 17.8. The van der Waals surface area contributed by atoms with Gasteiger partial charge in [-0.2, -0.15) is 0 Å². The Labute approximate surface area is 172 Å². The highest BCUT2D eigenvalue weighted by molar-refractivity contribution is 5.96. The molecule has 142 valence electrons. The third-order valence-corrected chi connectivity index (χ3v) is 5.56. The Morgan fingerprint density at radius 1 is 0.655 bits per heavy atom. The fraction of sp³-hybridized carbons (Fsp3) is 0.143. The molecule has 0 radical (unpaired) electrons. The van der Waals surface area contributed by atoms with Gasteiger partial charge in [-0.15, -0.1) is 0 Å². The number of benzene rings is 4. The Bertz CT molecular complexity index is 1160. The lowest BCUT2D eigenvalue weighted by molar-refractivity contribution is 0.243. The van der Waals surface area contributed by atoms with Crippen molar-refractivity contribution in [3.05, 3.63) is 102 Å². The largest absolute Gasteiger partial charge is 0.490 e. The highest BCUT2D eigenvalue weighted by Gasteiger charge is 2.27. The van der Waals surface area contributed by atoms with Crippen LogP contribution in [0.2, 0.25) is 0 Å². The molecule has 5 rings (SSSR count). The molecule has 29 heavy (non-hydrogen) atoms. The van der Waals surface area contributed by atoms with Crippen LogP contribution >= 0.6 is 0 Å². The molecule has 0 heterocycles. The highest BCUT2D eigenvalue weighted by atomic mass is 16.5. The average Bonchev–Trinajstić information content (AvgIpc) is 3.12. The molecule has 0 bridgehead atoms. The molecule has 4 aromatic carbocycles.